The summed E-state index contributed by atoms with van der Waals surface area (Å²) >= 11 is 0. The number of hydrogen-bond acceptors (Lipinski definition) is 6. The van der Waals surface area contributed by atoms with Crippen LogP contribution in [-0.2, 0) is 16.0 Å². The molecule has 1 fully saturated rings. The summed E-state index contributed by atoms with van der Waals surface area (Å²) in [5.74, 6) is 0.0943. The molecule has 0 saturated carbocycles. The van der Waals surface area contributed by atoms with Crippen LogP contribution in [0.2, 0.25) is 0 Å². The fourth-order valence-electron chi connectivity index (χ4n) is 3.55. The van der Waals surface area contributed by atoms with Crippen molar-refractivity contribution in [3.63, 3.8) is 0 Å². The molecule has 1 unspecified atom stereocenters. The molecule has 0 spiro atoms. The predicted molar refractivity (Wildman–Crippen MR) is 94.8 cm³/mol. The fourth-order valence-corrected chi connectivity index (χ4v) is 3.55. The normalized spacial score (nSPS) is 22.6. The molecular weight excluding hydrogens is 332 g/mol. The number of fused-ring (bicyclic) bond motifs is 1. The van der Waals surface area contributed by atoms with Gasteiger partial charge in [0.25, 0.3) is 5.91 Å². The second-order valence-corrected chi connectivity index (χ2v) is 6.78. The molecule has 134 valence electrons. The molecule has 0 radical (unpaired) electrons. The molecule has 0 bridgehead atoms. The zero-order valence-electron chi connectivity index (χ0n) is 14.6. The maximum atomic E-state index is 13.1. The van der Waals surface area contributed by atoms with Gasteiger partial charge in [0.05, 0.1) is 5.56 Å². The molecule has 1 amide bonds. The number of benzene rings is 1. The summed E-state index contributed by atoms with van der Waals surface area (Å²) in [6.45, 7) is 4.10. The van der Waals surface area contributed by atoms with E-state index in [0.29, 0.717) is 44.1 Å². The molecule has 1 aromatic carbocycles. The summed E-state index contributed by atoms with van der Waals surface area (Å²) in [4.78, 5) is 37.7. The van der Waals surface area contributed by atoms with E-state index in [1.807, 2.05) is 17.0 Å². The molecule has 2 aromatic rings. The zero-order valence-corrected chi connectivity index (χ0v) is 14.6. The molecule has 4 rings (SSSR count). The molecule has 1 saturated heterocycles. The van der Waals surface area contributed by atoms with Crippen LogP contribution < -0.4 is 4.90 Å². The number of ether oxygens (including phenoxy) is 1. The molecule has 1 aromatic heterocycles. The molecule has 7 nitrogen and oxygen atoms in total. The topological polar surface area (TPSA) is 75.6 Å². The van der Waals surface area contributed by atoms with Crippen molar-refractivity contribution < 1.29 is 14.3 Å². The molecular formula is C19H20N4O3. The van der Waals surface area contributed by atoms with E-state index in [2.05, 4.69) is 9.97 Å². The lowest BCUT2D eigenvalue weighted by molar-refractivity contribution is -0.151. The minimum Gasteiger partial charge on any atom is -0.445 e. The van der Waals surface area contributed by atoms with Gasteiger partial charge in [0, 0.05) is 45.0 Å². The number of carbonyl (C=O) groups is 2. The van der Waals surface area contributed by atoms with Gasteiger partial charge in [0.15, 0.2) is 5.60 Å². The first kappa shape index (κ1) is 16.5. The lowest BCUT2D eigenvalue weighted by Crippen LogP contribution is -2.58. The highest BCUT2D eigenvalue weighted by Crippen LogP contribution is 2.30. The van der Waals surface area contributed by atoms with E-state index >= 15 is 0 Å². The third kappa shape index (κ3) is 2.89. The van der Waals surface area contributed by atoms with Crippen LogP contribution in [0.3, 0.4) is 0 Å². The van der Waals surface area contributed by atoms with Crippen molar-refractivity contribution in [2.75, 3.05) is 31.1 Å². The third-order valence-electron chi connectivity index (χ3n) is 4.94. The average Bonchev–Trinajstić information content (AvgIpc) is 2.68. The standard InChI is InChI=1S/C19H20N4O3/c1-19(13-14-5-2-3-6-15(14)16(24)26-19)17(25)22-9-11-23(12-10-22)18-20-7-4-8-21-18/h2-8H,9-13H2,1H3. The second kappa shape index (κ2) is 6.40. The number of esters is 1. The van der Waals surface area contributed by atoms with Crippen LogP contribution in [0.25, 0.3) is 0 Å². The summed E-state index contributed by atoms with van der Waals surface area (Å²) in [7, 11) is 0. The number of piperazine rings is 1. The Bertz CT molecular complexity index is 834. The molecule has 3 heterocycles. The van der Waals surface area contributed by atoms with Gasteiger partial charge in [-0.1, -0.05) is 18.2 Å². The molecule has 2 aliphatic rings. The predicted octanol–water partition coefficient (Wildman–Crippen LogP) is 1.30. The van der Waals surface area contributed by atoms with Gasteiger partial charge < -0.3 is 14.5 Å². The van der Waals surface area contributed by atoms with Crippen LogP contribution in [-0.4, -0.2) is 58.5 Å². The van der Waals surface area contributed by atoms with E-state index in [-0.39, 0.29) is 5.91 Å². The lowest BCUT2D eigenvalue weighted by atomic mass is 9.88. The van der Waals surface area contributed by atoms with Crippen LogP contribution in [0, 0.1) is 0 Å². The van der Waals surface area contributed by atoms with Crippen molar-refractivity contribution in [2.24, 2.45) is 0 Å². The van der Waals surface area contributed by atoms with Gasteiger partial charge in [0.1, 0.15) is 0 Å². The van der Waals surface area contributed by atoms with E-state index in [1.165, 1.54) is 0 Å². The Morgan fingerprint density at radius 3 is 2.50 bits per heavy atom. The van der Waals surface area contributed by atoms with Crippen molar-refractivity contribution in [1.29, 1.82) is 0 Å². The summed E-state index contributed by atoms with van der Waals surface area (Å²) in [6.07, 6.45) is 3.81. The lowest BCUT2D eigenvalue weighted by Gasteiger charge is -2.40. The quantitative estimate of drug-likeness (QED) is 0.759. The Kier molecular flexibility index (Phi) is 4.06. The van der Waals surface area contributed by atoms with Crippen LogP contribution in [0.15, 0.2) is 42.7 Å². The van der Waals surface area contributed by atoms with Crippen LogP contribution in [0.1, 0.15) is 22.8 Å². The highest BCUT2D eigenvalue weighted by Gasteiger charge is 2.45. The van der Waals surface area contributed by atoms with Crippen molar-refractivity contribution in [1.82, 2.24) is 14.9 Å². The summed E-state index contributed by atoms with van der Waals surface area (Å²) < 4.78 is 5.56. The molecule has 2 aliphatic heterocycles. The van der Waals surface area contributed by atoms with E-state index < -0.39 is 11.6 Å². The Morgan fingerprint density at radius 2 is 1.77 bits per heavy atom. The SMILES string of the molecule is CC1(C(=O)N2CCN(c3ncccn3)CC2)Cc2ccccc2C(=O)O1. The van der Waals surface area contributed by atoms with E-state index in [4.69, 9.17) is 4.74 Å². The first-order valence-electron chi connectivity index (χ1n) is 8.69. The molecule has 26 heavy (non-hydrogen) atoms. The van der Waals surface area contributed by atoms with Gasteiger partial charge in [0.2, 0.25) is 5.95 Å². The van der Waals surface area contributed by atoms with Crippen molar-refractivity contribution in [2.45, 2.75) is 18.9 Å². The van der Waals surface area contributed by atoms with Crippen molar-refractivity contribution >= 4 is 17.8 Å². The van der Waals surface area contributed by atoms with Gasteiger partial charge in [-0.3, -0.25) is 4.79 Å². The molecule has 0 N–H and O–H groups in total. The molecule has 7 heteroatoms. The Hall–Kier alpha value is -2.96. The van der Waals surface area contributed by atoms with Crippen molar-refractivity contribution in [3.05, 3.63) is 53.9 Å². The van der Waals surface area contributed by atoms with Gasteiger partial charge >= 0.3 is 5.97 Å². The van der Waals surface area contributed by atoms with Crippen LogP contribution in [0.5, 0.6) is 0 Å². The van der Waals surface area contributed by atoms with Crippen LogP contribution in [0.4, 0.5) is 5.95 Å². The van der Waals surface area contributed by atoms with Gasteiger partial charge in [-0.05, 0) is 24.6 Å². The number of amides is 1. The minimum atomic E-state index is -1.16. The number of carbonyl (C=O) groups excluding carboxylic acids is 2. The summed E-state index contributed by atoms with van der Waals surface area (Å²) in [6, 6.07) is 9.07. The minimum absolute atomic E-state index is 0.144. The van der Waals surface area contributed by atoms with Gasteiger partial charge in [-0.15, -0.1) is 0 Å². The Labute approximate surface area is 151 Å². The number of aromatic nitrogens is 2. The van der Waals surface area contributed by atoms with Gasteiger partial charge in [-0.25, -0.2) is 14.8 Å². The first-order valence-corrected chi connectivity index (χ1v) is 8.69. The Balaban J connectivity index is 1.46. The smallest absolute Gasteiger partial charge is 0.339 e. The van der Waals surface area contributed by atoms with E-state index in [0.717, 1.165) is 5.56 Å². The highest BCUT2D eigenvalue weighted by atomic mass is 16.6. The zero-order chi connectivity index (χ0) is 18.1. The number of rotatable bonds is 2. The number of nitrogens with zero attached hydrogens (tertiary/aromatic N) is 4. The molecule has 0 aliphatic carbocycles. The second-order valence-electron chi connectivity index (χ2n) is 6.78. The summed E-state index contributed by atoms with van der Waals surface area (Å²) in [5.41, 5.74) is 0.247. The largest absolute Gasteiger partial charge is 0.445 e. The van der Waals surface area contributed by atoms with E-state index in [1.54, 1.807) is 42.4 Å². The third-order valence-corrected chi connectivity index (χ3v) is 4.94. The maximum absolute atomic E-state index is 13.1. The first-order chi connectivity index (χ1) is 12.6. The number of anilines is 1. The van der Waals surface area contributed by atoms with Gasteiger partial charge in [-0.2, -0.15) is 0 Å². The number of cyclic esters (lactones) is 1. The monoisotopic (exact) mass is 352 g/mol. The van der Waals surface area contributed by atoms with Crippen LogP contribution >= 0.6 is 0 Å². The maximum Gasteiger partial charge on any atom is 0.339 e. The summed E-state index contributed by atoms with van der Waals surface area (Å²) in [5, 5.41) is 0. The highest BCUT2D eigenvalue weighted by molar-refractivity contribution is 5.97. The number of hydrogen-bond donors (Lipinski definition) is 0. The Morgan fingerprint density at radius 1 is 1.08 bits per heavy atom. The average molecular weight is 352 g/mol. The van der Waals surface area contributed by atoms with Crippen molar-refractivity contribution in [3.8, 4) is 0 Å². The van der Waals surface area contributed by atoms with E-state index in [9.17, 15) is 9.59 Å². The molecule has 1 atom stereocenters. The fraction of sp³-hybridized carbons (Fsp3) is 0.368.